The van der Waals surface area contributed by atoms with Crippen molar-refractivity contribution in [3.05, 3.63) is 102 Å². The van der Waals surface area contributed by atoms with Gasteiger partial charge in [0, 0.05) is 21.7 Å². The number of ether oxygens (including phenoxy) is 1. The van der Waals surface area contributed by atoms with Crippen molar-refractivity contribution < 1.29 is 14.1 Å². The lowest BCUT2D eigenvalue weighted by Crippen LogP contribution is -2.45. The number of carbonyl (C=O) groups excluding carboxylic acids is 1. The molecule has 182 valence electrons. The molecule has 3 aromatic carbocycles. The zero-order valence-electron chi connectivity index (χ0n) is 20.3. The van der Waals surface area contributed by atoms with Crippen LogP contribution in [0.25, 0.3) is 17.0 Å². The van der Waals surface area contributed by atoms with Gasteiger partial charge in [-0.25, -0.2) is 4.79 Å². The first-order valence-corrected chi connectivity index (χ1v) is 12.8. The molecule has 1 aromatic heterocycles. The molecule has 1 unspecified atom stereocenters. The Kier molecular flexibility index (Phi) is 6.77. The number of nitrogens with one attached hydrogen (secondary N) is 1. The van der Waals surface area contributed by atoms with Crippen LogP contribution in [0, 0.1) is 0 Å². The van der Waals surface area contributed by atoms with Crippen molar-refractivity contribution in [3.8, 4) is 17.1 Å². The van der Waals surface area contributed by atoms with Gasteiger partial charge in [0.1, 0.15) is 5.75 Å². The number of thioether (sulfide) groups is 1. The van der Waals surface area contributed by atoms with Gasteiger partial charge in [-0.15, -0.1) is 11.8 Å². The summed E-state index contributed by atoms with van der Waals surface area (Å²) >= 11 is 1.68. The highest BCUT2D eigenvalue weighted by molar-refractivity contribution is 7.98. The smallest absolute Gasteiger partial charge is 0.322 e. The van der Waals surface area contributed by atoms with Gasteiger partial charge in [0.2, 0.25) is 5.82 Å². The molecule has 1 aliphatic heterocycles. The zero-order valence-corrected chi connectivity index (χ0v) is 21.1. The fraction of sp³-hybridized carbons (Fsp3) is 0.179. The van der Waals surface area contributed by atoms with Gasteiger partial charge in [0.25, 0.3) is 5.89 Å². The lowest BCUT2D eigenvalue weighted by Gasteiger charge is -2.35. The monoisotopic (exact) mass is 498 g/mol. The fourth-order valence-electron chi connectivity index (χ4n) is 4.34. The fourth-order valence-corrected chi connectivity index (χ4v) is 4.75. The summed E-state index contributed by atoms with van der Waals surface area (Å²) in [6.45, 7) is 2.25. The predicted octanol–water partition coefficient (Wildman–Crippen LogP) is 6.16. The second kappa shape index (κ2) is 10.3. The summed E-state index contributed by atoms with van der Waals surface area (Å²) in [6, 6.07) is 24.9. The first-order valence-electron chi connectivity index (χ1n) is 11.5. The molecule has 1 atom stereocenters. The predicted molar refractivity (Wildman–Crippen MR) is 140 cm³/mol. The molecule has 8 heteroatoms. The van der Waals surface area contributed by atoms with E-state index >= 15 is 0 Å². The Morgan fingerprint density at radius 2 is 1.75 bits per heavy atom. The van der Waals surface area contributed by atoms with E-state index in [1.165, 1.54) is 0 Å². The molecule has 2 amide bonds. The zero-order chi connectivity index (χ0) is 25.1. The SMILES string of the molecule is COc1ccccc1CN1C(=O)NC(c2ccccc2)C(c2nc(-c3ccc(SC)cc3)no2)=C1C. The van der Waals surface area contributed by atoms with Crippen LogP contribution in [0.15, 0.2) is 94.0 Å². The minimum absolute atomic E-state index is 0.205. The van der Waals surface area contributed by atoms with E-state index in [4.69, 9.17) is 14.2 Å². The molecule has 36 heavy (non-hydrogen) atoms. The third-order valence-corrected chi connectivity index (χ3v) is 7.00. The third-order valence-electron chi connectivity index (χ3n) is 6.25. The number of hydrogen-bond donors (Lipinski definition) is 1. The van der Waals surface area contributed by atoms with Crippen molar-refractivity contribution in [2.24, 2.45) is 0 Å². The van der Waals surface area contributed by atoms with Crippen LogP contribution in [-0.2, 0) is 6.54 Å². The van der Waals surface area contributed by atoms with Gasteiger partial charge in [0.05, 0.1) is 25.3 Å². The van der Waals surface area contributed by atoms with Crippen molar-refractivity contribution in [2.45, 2.75) is 24.4 Å². The third kappa shape index (κ3) is 4.59. The van der Waals surface area contributed by atoms with Gasteiger partial charge >= 0.3 is 6.03 Å². The van der Waals surface area contributed by atoms with Crippen molar-refractivity contribution in [1.82, 2.24) is 20.4 Å². The first kappa shape index (κ1) is 23.7. The van der Waals surface area contributed by atoms with E-state index in [9.17, 15) is 4.79 Å². The molecule has 7 nitrogen and oxygen atoms in total. The first-order chi connectivity index (χ1) is 17.6. The molecule has 4 aromatic rings. The van der Waals surface area contributed by atoms with E-state index < -0.39 is 6.04 Å². The summed E-state index contributed by atoms with van der Waals surface area (Å²) in [6.07, 6.45) is 2.04. The minimum Gasteiger partial charge on any atom is -0.496 e. The maximum atomic E-state index is 13.3. The number of benzene rings is 3. The lowest BCUT2D eigenvalue weighted by atomic mass is 9.94. The molecule has 5 rings (SSSR count). The van der Waals surface area contributed by atoms with Crippen molar-refractivity contribution in [3.63, 3.8) is 0 Å². The largest absolute Gasteiger partial charge is 0.496 e. The van der Waals surface area contributed by atoms with Crippen LogP contribution in [0.5, 0.6) is 5.75 Å². The van der Waals surface area contributed by atoms with Gasteiger partial charge in [-0.3, -0.25) is 4.90 Å². The highest BCUT2D eigenvalue weighted by Gasteiger charge is 2.36. The molecule has 0 saturated carbocycles. The number of methoxy groups -OCH3 is 1. The number of rotatable bonds is 7. The molecule has 1 aliphatic rings. The van der Waals surface area contributed by atoms with Gasteiger partial charge < -0.3 is 14.6 Å². The average Bonchev–Trinajstić information content (AvgIpc) is 3.41. The van der Waals surface area contributed by atoms with E-state index in [1.54, 1.807) is 23.8 Å². The summed E-state index contributed by atoms with van der Waals surface area (Å²) in [5.41, 5.74) is 4.19. The number of amides is 2. The Bertz CT molecular complexity index is 1400. The standard InChI is InChI=1S/C28H26N4O3S/c1-18-24(27-30-26(31-35-27)20-13-15-22(36-3)16-14-20)25(19-9-5-4-6-10-19)29-28(33)32(18)17-21-11-7-8-12-23(21)34-2/h4-16,25H,17H2,1-3H3,(H,29,33). The molecular formula is C28H26N4O3S. The Labute approximate surface area is 214 Å². The number of para-hydroxylation sites is 1. The van der Waals surface area contributed by atoms with E-state index in [0.29, 0.717) is 18.3 Å². The van der Waals surface area contributed by atoms with Gasteiger partial charge in [-0.2, -0.15) is 4.98 Å². The van der Waals surface area contributed by atoms with Crippen LogP contribution in [-0.4, -0.2) is 34.4 Å². The number of carbonyl (C=O) groups is 1. The van der Waals surface area contributed by atoms with Gasteiger partial charge in [-0.1, -0.05) is 53.7 Å². The summed E-state index contributed by atoms with van der Waals surface area (Å²) in [4.78, 5) is 20.9. The topological polar surface area (TPSA) is 80.5 Å². The van der Waals surface area contributed by atoms with E-state index in [0.717, 1.165) is 38.6 Å². The highest BCUT2D eigenvalue weighted by Crippen LogP contribution is 2.38. The molecule has 0 aliphatic carbocycles. The molecule has 0 saturated heterocycles. The molecule has 0 fully saturated rings. The Hall–Kier alpha value is -4.04. The summed E-state index contributed by atoms with van der Waals surface area (Å²) < 4.78 is 11.3. The maximum Gasteiger partial charge on any atom is 0.322 e. The van der Waals surface area contributed by atoms with Crippen molar-refractivity contribution in [1.29, 1.82) is 0 Å². The number of aromatic nitrogens is 2. The van der Waals surface area contributed by atoms with Crippen LogP contribution in [0.1, 0.15) is 30.0 Å². The van der Waals surface area contributed by atoms with Crippen LogP contribution < -0.4 is 10.1 Å². The van der Waals surface area contributed by atoms with Crippen LogP contribution in [0.2, 0.25) is 0 Å². The number of urea groups is 1. The second-order valence-electron chi connectivity index (χ2n) is 8.34. The van der Waals surface area contributed by atoms with Gasteiger partial charge in [0.15, 0.2) is 0 Å². The van der Waals surface area contributed by atoms with E-state index in [1.807, 2.05) is 92.0 Å². The van der Waals surface area contributed by atoms with Crippen molar-refractivity contribution in [2.75, 3.05) is 13.4 Å². The lowest BCUT2D eigenvalue weighted by molar-refractivity contribution is 0.202. The Morgan fingerprint density at radius 3 is 2.47 bits per heavy atom. The van der Waals surface area contributed by atoms with Gasteiger partial charge in [-0.05, 0) is 49.1 Å². The molecular weight excluding hydrogens is 472 g/mol. The molecule has 0 bridgehead atoms. The number of nitrogens with zero attached hydrogens (tertiary/aromatic N) is 3. The minimum atomic E-state index is -0.431. The maximum absolute atomic E-state index is 13.3. The second-order valence-corrected chi connectivity index (χ2v) is 9.22. The molecule has 0 spiro atoms. The molecule has 0 radical (unpaired) electrons. The molecule has 1 N–H and O–H groups in total. The summed E-state index contributed by atoms with van der Waals surface area (Å²) in [5.74, 6) is 1.59. The summed E-state index contributed by atoms with van der Waals surface area (Å²) in [7, 11) is 1.63. The van der Waals surface area contributed by atoms with E-state index in [-0.39, 0.29) is 6.03 Å². The normalized spacial score (nSPS) is 15.7. The van der Waals surface area contributed by atoms with Crippen LogP contribution >= 0.6 is 11.8 Å². The number of hydrogen-bond acceptors (Lipinski definition) is 6. The van der Waals surface area contributed by atoms with Crippen LogP contribution in [0.3, 0.4) is 0 Å². The quantitative estimate of drug-likeness (QED) is 0.307. The Balaban J connectivity index is 1.58. The highest BCUT2D eigenvalue weighted by atomic mass is 32.2. The van der Waals surface area contributed by atoms with Crippen LogP contribution in [0.4, 0.5) is 4.79 Å². The van der Waals surface area contributed by atoms with Crippen molar-refractivity contribution >= 4 is 23.4 Å². The Morgan fingerprint density at radius 1 is 1.03 bits per heavy atom. The summed E-state index contributed by atoms with van der Waals surface area (Å²) in [5, 5.41) is 7.40. The molecule has 2 heterocycles. The van der Waals surface area contributed by atoms with E-state index in [2.05, 4.69) is 10.5 Å². The number of allylic oxidation sites excluding steroid dienone is 1. The average molecular weight is 499 g/mol.